The molecule has 0 heterocycles. The van der Waals surface area contributed by atoms with Gasteiger partial charge in [0.15, 0.2) is 0 Å². The van der Waals surface area contributed by atoms with E-state index in [-0.39, 0.29) is 10.8 Å². The van der Waals surface area contributed by atoms with Gasteiger partial charge in [0.2, 0.25) is 0 Å². The molecular formula is C29H54. The minimum atomic E-state index is 0.274. The second-order valence-electron chi connectivity index (χ2n) is 14.1. The van der Waals surface area contributed by atoms with Gasteiger partial charge in [-0.1, -0.05) is 120 Å². The Morgan fingerprint density at radius 1 is 0.552 bits per heavy atom. The van der Waals surface area contributed by atoms with Crippen LogP contribution in [-0.2, 0) is 0 Å². The lowest BCUT2D eigenvalue weighted by Crippen LogP contribution is -2.54. The number of allylic oxidation sites excluding steroid dienone is 4. The van der Waals surface area contributed by atoms with Gasteiger partial charge < -0.3 is 0 Å². The van der Waals surface area contributed by atoms with Crippen molar-refractivity contribution < 1.29 is 0 Å². The molecule has 0 N–H and O–H groups in total. The third-order valence-electron chi connectivity index (χ3n) is 11.8. The number of rotatable bonds is 0. The first kappa shape index (κ1) is 26.5. The van der Waals surface area contributed by atoms with Gasteiger partial charge >= 0.3 is 0 Å². The van der Waals surface area contributed by atoms with Crippen LogP contribution in [0.5, 0.6) is 0 Å². The highest BCUT2D eigenvalue weighted by Gasteiger charge is 2.57. The quantitative estimate of drug-likeness (QED) is 0.353. The normalized spacial score (nSPS) is 30.0. The molecule has 0 aliphatic heterocycles. The highest BCUT2D eigenvalue weighted by atomic mass is 14.6. The maximum absolute atomic E-state index is 2.48. The summed E-state index contributed by atoms with van der Waals surface area (Å²) >= 11 is 0. The monoisotopic (exact) mass is 402 g/mol. The van der Waals surface area contributed by atoms with Gasteiger partial charge in [0.1, 0.15) is 0 Å². The van der Waals surface area contributed by atoms with E-state index in [4.69, 9.17) is 0 Å². The Morgan fingerprint density at radius 2 is 0.966 bits per heavy atom. The van der Waals surface area contributed by atoms with Crippen molar-refractivity contribution in [3.63, 3.8) is 0 Å². The van der Waals surface area contributed by atoms with Crippen LogP contribution in [0.2, 0.25) is 0 Å². The second-order valence-corrected chi connectivity index (χ2v) is 14.1. The van der Waals surface area contributed by atoms with E-state index in [0.29, 0.717) is 27.1 Å². The molecule has 2 rings (SSSR count). The van der Waals surface area contributed by atoms with Gasteiger partial charge in [-0.05, 0) is 65.1 Å². The van der Waals surface area contributed by atoms with E-state index in [1.807, 2.05) is 0 Å². The number of hydrogen-bond donors (Lipinski definition) is 0. The van der Waals surface area contributed by atoms with E-state index in [9.17, 15) is 0 Å². The molecule has 0 atom stereocenters. The topological polar surface area (TPSA) is 0 Å². The first-order valence-electron chi connectivity index (χ1n) is 11.8. The fourth-order valence-corrected chi connectivity index (χ4v) is 5.85. The van der Waals surface area contributed by atoms with E-state index < -0.39 is 0 Å². The summed E-state index contributed by atoms with van der Waals surface area (Å²) in [6.45, 7) is 40.5. The molecule has 0 nitrogen and oxygen atoms in total. The van der Waals surface area contributed by atoms with E-state index in [1.165, 1.54) is 12.0 Å². The summed E-state index contributed by atoms with van der Waals surface area (Å²) in [5, 5.41) is 0. The number of hydrogen-bond acceptors (Lipinski definition) is 0. The van der Waals surface area contributed by atoms with E-state index in [2.05, 4.69) is 124 Å². The van der Waals surface area contributed by atoms with Crippen LogP contribution in [0.15, 0.2) is 22.8 Å². The SMILES string of the molecule is CC1=C(C)C(C)(C)C(C)(C)C(C)(C)C1.CC1=CC(C)(C)C(C)(C)C(C)(C)C1(C)C. The van der Waals surface area contributed by atoms with E-state index >= 15 is 0 Å². The predicted octanol–water partition coefficient (Wildman–Crippen LogP) is 9.86. The van der Waals surface area contributed by atoms with Crippen molar-refractivity contribution in [1.82, 2.24) is 0 Å². The van der Waals surface area contributed by atoms with E-state index in [0.717, 1.165) is 0 Å². The van der Waals surface area contributed by atoms with Crippen LogP contribution in [0.1, 0.15) is 124 Å². The summed E-state index contributed by atoms with van der Waals surface area (Å²) < 4.78 is 0. The van der Waals surface area contributed by atoms with Crippen LogP contribution in [-0.4, -0.2) is 0 Å². The second kappa shape index (κ2) is 7.00. The van der Waals surface area contributed by atoms with Gasteiger partial charge in [-0.2, -0.15) is 0 Å². The Morgan fingerprint density at radius 3 is 1.38 bits per heavy atom. The van der Waals surface area contributed by atoms with Crippen LogP contribution in [0, 0.1) is 37.9 Å². The molecular weight excluding hydrogens is 348 g/mol. The molecule has 2 aliphatic carbocycles. The Bertz CT molecular complexity index is 696. The van der Waals surface area contributed by atoms with Gasteiger partial charge in [0.05, 0.1) is 0 Å². The zero-order valence-electron chi connectivity index (χ0n) is 23.3. The zero-order chi connectivity index (χ0) is 23.6. The first-order valence-corrected chi connectivity index (χ1v) is 11.8. The third kappa shape index (κ3) is 3.59. The van der Waals surface area contributed by atoms with Gasteiger partial charge in [-0.3, -0.25) is 0 Å². The highest BCUT2D eigenvalue weighted by molar-refractivity contribution is 5.28. The fourth-order valence-electron chi connectivity index (χ4n) is 5.85. The van der Waals surface area contributed by atoms with Crippen molar-refractivity contribution >= 4 is 0 Å². The highest BCUT2D eigenvalue weighted by Crippen LogP contribution is 2.65. The zero-order valence-corrected chi connectivity index (χ0v) is 23.3. The molecule has 0 fully saturated rings. The smallest absolute Gasteiger partial charge is 0.00885 e. The molecule has 29 heavy (non-hydrogen) atoms. The van der Waals surface area contributed by atoms with Crippen molar-refractivity contribution in [3.8, 4) is 0 Å². The van der Waals surface area contributed by atoms with Gasteiger partial charge in [-0.25, -0.2) is 0 Å². The average Bonchev–Trinajstić information content (AvgIpc) is 2.50. The lowest BCUT2D eigenvalue weighted by atomic mass is 9.42. The molecule has 0 aromatic heterocycles. The maximum Gasteiger partial charge on any atom is -0.00885 e. The Hall–Kier alpha value is -0.520. The minimum Gasteiger partial charge on any atom is -0.0788 e. The molecule has 2 aliphatic rings. The Balaban J connectivity index is 0.000000291. The fraction of sp³-hybridized carbons (Fsp3) is 0.862. The molecule has 0 saturated carbocycles. The molecule has 170 valence electrons. The molecule has 0 unspecified atom stereocenters. The van der Waals surface area contributed by atoms with Crippen LogP contribution >= 0.6 is 0 Å². The summed E-state index contributed by atoms with van der Waals surface area (Å²) in [4.78, 5) is 0. The summed E-state index contributed by atoms with van der Waals surface area (Å²) in [5.41, 5.74) is 6.99. The molecule has 0 spiro atoms. The minimum absolute atomic E-state index is 0.274. The van der Waals surface area contributed by atoms with E-state index in [1.54, 1.807) is 11.1 Å². The lowest BCUT2D eigenvalue weighted by molar-refractivity contribution is -0.0753. The average molecular weight is 403 g/mol. The molecule has 0 amide bonds. The Labute approximate surface area is 185 Å². The molecule has 0 aromatic carbocycles. The summed E-state index contributed by atoms with van der Waals surface area (Å²) in [6.07, 6.45) is 3.73. The third-order valence-corrected chi connectivity index (χ3v) is 11.8. The summed E-state index contributed by atoms with van der Waals surface area (Å²) in [7, 11) is 0. The molecule has 0 bridgehead atoms. The van der Waals surface area contributed by atoms with Crippen LogP contribution in [0.25, 0.3) is 0 Å². The summed E-state index contributed by atoms with van der Waals surface area (Å²) in [6, 6.07) is 0. The standard InChI is InChI=1S/C15H28.C14H26/c1-11-10-12(2,3)14(6,7)15(8,9)13(11,4)5;1-10-9-12(3,4)14(7,8)13(5,6)11(10)2/h10H,1-9H3;9H2,1-8H3. The van der Waals surface area contributed by atoms with Gasteiger partial charge in [0.25, 0.3) is 0 Å². The molecule has 0 radical (unpaired) electrons. The van der Waals surface area contributed by atoms with Crippen molar-refractivity contribution in [2.75, 3.05) is 0 Å². The van der Waals surface area contributed by atoms with Gasteiger partial charge in [0, 0.05) is 0 Å². The van der Waals surface area contributed by atoms with Crippen molar-refractivity contribution in [2.45, 2.75) is 124 Å². The van der Waals surface area contributed by atoms with Crippen LogP contribution in [0.3, 0.4) is 0 Å². The Kier molecular flexibility index (Phi) is 6.40. The van der Waals surface area contributed by atoms with Crippen LogP contribution in [0.4, 0.5) is 0 Å². The van der Waals surface area contributed by atoms with Gasteiger partial charge in [-0.15, -0.1) is 0 Å². The van der Waals surface area contributed by atoms with Crippen molar-refractivity contribution in [2.24, 2.45) is 37.9 Å². The maximum atomic E-state index is 2.48. The van der Waals surface area contributed by atoms with Crippen LogP contribution < -0.4 is 0 Å². The first-order chi connectivity index (χ1) is 12.4. The largest absolute Gasteiger partial charge is 0.0788 e. The summed E-state index contributed by atoms with van der Waals surface area (Å²) in [5.74, 6) is 0. The van der Waals surface area contributed by atoms with Crippen molar-refractivity contribution in [1.29, 1.82) is 0 Å². The molecule has 0 aromatic rings. The van der Waals surface area contributed by atoms with Crippen molar-refractivity contribution in [3.05, 3.63) is 22.8 Å². The predicted molar refractivity (Wildman–Crippen MR) is 133 cm³/mol. The lowest BCUT2D eigenvalue weighted by Gasteiger charge is -2.62. The molecule has 0 saturated heterocycles. The molecule has 0 heteroatoms.